The molecule has 2 heterocycles. The number of nitrogens with zero attached hydrogens (tertiary/aromatic N) is 1. The number of hydrogen-bond acceptors (Lipinski definition) is 10. The zero-order valence-electron chi connectivity index (χ0n) is 26.3. The molecule has 1 N–H and O–H groups in total. The molecule has 1 saturated heterocycles. The van der Waals surface area contributed by atoms with Crippen molar-refractivity contribution in [2.45, 2.75) is 77.4 Å². The van der Waals surface area contributed by atoms with E-state index in [1.807, 2.05) is 32.9 Å². The van der Waals surface area contributed by atoms with Gasteiger partial charge in [-0.05, 0) is 77.0 Å². The summed E-state index contributed by atoms with van der Waals surface area (Å²) >= 11 is 0. The molecule has 4 aliphatic rings. The van der Waals surface area contributed by atoms with Crippen molar-refractivity contribution in [2.75, 3.05) is 26.8 Å². The predicted molar refractivity (Wildman–Crippen MR) is 163 cm³/mol. The van der Waals surface area contributed by atoms with E-state index in [-0.39, 0.29) is 41.4 Å². The summed E-state index contributed by atoms with van der Waals surface area (Å²) in [4.78, 5) is 35.8. The van der Waals surface area contributed by atoms with Crippen LogP contribution in [0.3, 0.4) is 0 Å². The van der Waals surface area contributed by atoms with Crippen molar-refractivity contribution in [2.24, 2.45) is 5.92 Å². The van der Waals surface area contributed by atoms with E-state index in [0.717, 1.165) is 38.2 Å². The van der Waals surface area contributed by atoms with Gasteiger partial charge in [-0.15, -0.1) is 0 Å². The molecule has 1 spiro atoms. The average molecular weight is 610 g/mol. The Labute approximate surface area is 258 Å². The first-order valence-corrected chi connectivity index (χ1v) is 15.1. The van der Waals surface area contributed by atoms with Crippen LogP contribution in [0.4, 0.5) is 0 Å². The van der Waals surface area contributed by atoms with Gasteiger partial charge in [0.1, 0.15) is 11.9 Å². The summed E-state index contributed by atoms with van der Waals surface area (Å²) in [7, 11) is 2.17. The summed E-state index contributed by atoms with van der Waals surface area (Å²) in [5.41, 5.74) is 2.48. The Morgan fingerprint density at radius 3 is 2.39 bits per heavy atom. The number of para-hydroxylation sites is 1. The minimum Gasteiger partial charge on any atom is -0.507 e. The van der Waals surface area contributed by atoms with E-state index in [0.29, 0.717) is 29.4 Å². The van der Waals surface area contributed by atoms with Crippen LogP contribution in [0.2, 0.25) is 0 Å². The number of rotatable bonds is 7. The van der Waals surface area contributed by atoms with E-state index in [1.165, 1.54) is 25.5 Å². The SMILES string of the molecule is CC(=O)Oc1ccc2c3c1O[C@H]1[C@@H](OC(C)=O)C=C[C@H]4[C@@H](C2)N(C)CC[C@@]341.CCOC(C)OCC.O=Cc1ccccc1O. The molecule has 0 amide bonds. The van der Waals surface area contributed by atoms with Gasteiger partial charge in [0, 0.05) is 50.0 Å². The summed E-state index contributed by atoms with van der Waals surface area (Å²) in [5, 5.41) is 8.88. The third-order valence-electron chi connectivity index (χ3n) is 8.54. The van der Waals surface area contributed by atoms with Gasteiger partial charge in [-0.2, -0.15) is 0 Å². The van der Waals surface area contributed by atoms with Gasteiger partial charge in [0.15, 0.2) is 30.2 Å². The van der Waals surface area contributed by atoms with Gasteiger partial charge in [0.25, 0.3) is 0 Å². The van der Waals surface area contributed by atoms with Crippen LogP contribution in [0.5, 0.6) is 17.2 Å². The van der Waals surface area contributed by atoms with Crippen molar-refractivity contribution >= 4 is 18.2 Å². The first-order chi connectivity index (χ1) is 21.1. The molecule has 0 radical (unpaired) electrons. The summed E-state index contributed by atoms with van der Waals surface area (Å²) in [6.07, 6.45) is 5.89. The molecular weight excluding hydrogens is 566 g/mol. The minimum absolute atomic E-state index is 0.0347. The van der Waals surface area contributed by atoms with Crippen LogP contribution in [0.1, 0.15) is 62.5 Å². The number of carbonyl (C=O) groups excluding carboxylic acids is 3. The highest BCUT2D eigenvalue weighted by Gasteiger charge is 2.65. The quantitative estimate of drug-likeness (QED) is 0.157. The lowest BCUT2D eigenvalue weighted by atomic mass is 9.53. The highest BCUT2D eigenvalue weighted by molar-refractivity contribution is 5.78. The number of likely N-dealkylation sites (tertiary alicyclic amines) is 1. The number of piperidine rings is 1. The number of likely N-dealkylation sites (N-methyl/N-ethyl adjacent to an activating group) is 1. The summed E-state index contributed by atoms with van der Waals surface area (Å²) in [6, 6.07) is 10.7. The standard InChI is InChI=1S/C21H23NO5.C7H6O2.C6H14O2/c1-11(23)25-16-6-4-13-10-15-14-5-7-17(26-12(2)24)20-21(14,8-9-22(15)3)18(13)19(16)27-20;8-5-6-3-1-2-4-7(6)9;1-4-7-6(3)8-5-2/h4-7,14-15,17,20H,8-10H2,1-3H3;1-5,9H;6H,4-5H2,1-3H3/t14-,15+,17-,20-,21-;;/m0../s1. The Morgan fingerprint density at radius 1 is 1.09 bits per heavy atom. The van der Waals surface area contributed by atoms with Crippen molar-refractivity contribution in [1.29, 1.82) is 0 Å². The molecule has 44 heavy (non-hydrogen) atoms. The molecule has 2 aromatic carbocycles. The number of carbonyl (C=O) groups is 3. The number of benzene rings is 2. The van der Waals surface area contributed by atoms with Crippen molar-refractivity contribution in [3.05, 3.63) is 65.2 Å². The maximum absolute atomic E-state index is 11.7. The minimum atomic E-state index is -0.439. The molecule has 0 saturated carbocycles. The number of aldehydes is 1. The zero-order valence-corrected chi connectivity index (χ0v) is 26.3. The molecule has 2 aromatic rings. The zero-order chi connectivity index (χ0) is 32.0. The number of phenolic OH excluding ortho intramolecular Hbond substituents is 1. The third kappa shape index (κ3) is 6.67. The van der Waals surface area contributed by atoms with Crippen LogP contribution < -0.4 is 9.47 Å². The van der Waals surface area contributed by atoms with Crippen molar-refractivity contribution in [1.82, 2.24) is 4.90 Å². The predicted octanol–water partition coefficient (Wildman–Crippen LogP) is 4.60. The van der Waals surface area contributed by atoms with E-state index in [9.17, 15) is 14.4 Å². The van der Waals surface area contributed by atoms with Crippen LogP contribution >= 0.6 is 0 Å². The van der Waals surface area contributed by atoms with E-state index >= 15 is 0 Å². The van der Waals surface area contributed by atoms with Gasteiger partial charge in [-0.25, -0.2) is 0 Å². The first kappa shape index (κ1) is 33.2. The number of aromatic hydroxyl groups is 1. The Kier molecular flexibility index (Phi) is 10.8. The summed E-state index contributed by atoms with van der Waals surface area (Å²) in [6.45, 7) is 11.0. The molecule has 10 heteroatoms. The van der Waals surface area contributed by atoms with Gasteiger partial charge in [-0.1, -0.05) is 24.3 Å². The Hall–Kier alpha value is -3.73. The Morgan fingerprint density at radius 2 is 1.80 bits per heavy atom. The smallest absolute Gasteiger partial charge is 0.308 e. The monoisotopic (exact) mass is 609 g/mol. The molecule has 0 aromatic heterocycles. The summed E-state index contributed by atoms with van der Waals surface area (Å²) < 4.78 is 27.6. The van der Waals surface area contributed by atoms with Crippen LogP contribution in [0.25, 0.3) is 0 Å². The Bertz CT molecular complexity index is 1370. The molecule has 2 bridgehead atoms. The third-order valence-corrected chi connectivity index (χ3v) is 8.54. The molecule has 10 nitrogen and oxygen atoms in total. The maximum Gasteiger partial charge on any atom is 0.308 e. The van der Waals surface area contributed by atoms with E-state index in [2.05, 4.69) is 24.1 Å². The number of hydrogen-bond donors (Lipinski definition) is 1. The van der Waals surface area contributed by atoms with Crippen molar-refractivity contribution < 1.29 is 43.2 Å². The molecule has 0 unspecified atom stereocenters. The lowest BCUT2D eigenvalue weighted by molar-refractivity contribution is -0.152. The number of phenols is 1. The van der Waals surface area contributed by atoms with E-state index in [1.54, 1.807) is 18.2 Å². The first-order valence-electron chi connectivity index (χ1n) is 15.1. The lowest BCUT2D eigenvalue weighted by Crippen LogP contribution is -2.65. The van der Waals surface area contributed by atoms with Crippen molar-refractivity contribution in [3.8, 4) is 17.2 Å². The molecule has 2 aliphatic carbocycles. The van der Waals surface area contributed by atoms with Crippen LogP contribution in [-0.4, -0.2) is 79.6 Å². The van der Waals surface area contributed by atoms with Gasteiger partial charge in [0.05, 0.1) is 5.56 Å². The van der Waals surface area contributed by atoms with Gasteiger partial charge < -0.3 is 33.7 Å². The van der Waals surface area contributed by atoms with Gasteiger partial charge in [0.2, 0.25) is 0 Å². The van der Waals surface area contributed by atoms with Gasteiger partial charge in [-0.3, -0.25) is 14.4 Å². The largest absolute Gasteiger partial charge is 0.507 e. The second-order valence-electron chi connectivity index (χ2n) is 11.2. The van der Waals surface area contributed by atoms with E-state index in [4.69, 9.17) is 28.8 Å². The van der Waals surface area contributed by atoms with Crippen LogP contribution in [0, 0.1) is 5.92 Å². The molecule has 2 aliphatic heterocycles. The topological polar surface area (TPSA) is 121 Å². The highest BCUT2D eigenvalue weighted by Crippen LogP contribution is 2.62. The fraction of sp³-hybridized carbons (Fsp3) is 0.500. The number of ether oxygens (including phenoxy) is 5. The molecule has 1 fully saturated rings. The highest BCUT2D eigenvalue weighted by atomic mass is 16.7. The fourth-order valence-corrected chi connectivity index (χ4v) is 6.84. The maximum atomic E-state index is 11.7. The second-order valence-corrected chi connectivity index (χ2v) is 11.2. The van der Waals surface area contributed by atoms with Crippen LogP contribution in [-0.2, 0) is 35.6 Å². The molecule has 238 valence electrons. The molecule has 6 rings (SSSR count). The van der Waals surface area contributed by atoms with Crippen molar-refractivity contribution in [3.63, 3.8) is 0 Å². The van der Waals surface area contributed by atoms with Crippen LogP contribution in [0.15, 0.2) is 48.6 Å². The van der Waals surface area contributed by atoms with E-state index < -0.39 is 6.10 Å². The Balaban J connectivity index is 0.000000214. The summed E-state index contributed by atoms with van der Waals surface area (Å²) in [5.74, 6) is 0.747. The van der Waals surface area contributed by atoms with Gasteiger partial charge >= 0.3 is 11.9 Å². The average Bonchev–Trinajstić information content (AvgIpc) is 3.33. The molecule has 5 atom stereocenters. The number of esters is 2. The fourth-order valence-electron chi connectivity index (χ4n) is 6.84. The normalized spacial score (nSPS) is 25.3. The second kappa shape index (κ2) is 14.4. The lowest BCUT2D eigenvalue weighted by Gasteiger charge is -2.56. The molecular formula is C34H43NO9.